The molecule has 20 heavy (non-hydrogen) atoms. The molecule has 0 aromatic heterocycles. The van der Waals surface area contributed by atoms with E-state index in [2.05, 4.69) is 32.0 Å². The first-order chi connectivity index (χ1) is 9.65. The van der Waals surface area contributed by atoms with Crippen LogP contribution in [-0.2, 0) is 13.0 Å². The van der Waals surface area contributed by atoms with Gasteiger partial charge in [0, 0.05) is 5.69 Å². The highest BCUT2D eigenvalue weighted by molar-refractivity contribution is 5.50. The summed E-state index contributed by atoms with van der Waals surface area (Å²) in [6.45, 7) is 5.05. The third kappa shape index (κ3) is 4.30. The second-order valence-corrected chi connectivity index (χ2v) is 5.57. The number of hydrogen-bond donors (Lipinski definition) is 1. The average Bonchev–Trinajstić information content (AvgIpc) is 2.46. The molecular weight excluding hydrogens is 246 g/mol. The molecule has 0 aliphatic rings. The van der Waals surface area contributed by atoms with E-state index in [0.717, 1.165) is 24.3 Å². The molecule has 2 aromatic carbocycles. The Hall–Kier alpha value is -1.96. The van der Waals surface area contributed by atoms with Crippen molar-refractivity contribution in [2.45, 2.75) is 33.3 Å². The Kier molecular flexibility index (Phi) is 5.05. The molecule has 0 bridgehead atoms. The number of hydrogen-bond acceptors (Lipinski definition) is 2. The zero-order chi connectivity index (χ0) is 14.4. The van der Waals surface area contributed by atoms with Gasteiger partial charge in [0.1, 0.15) is 12.4 Å². The van der Waals surface area contributed by atoms with Crippen LogP contribution in [0.15, 0.2) is 48.5 Å². The molecule has 0 aliphatic heterocycles. The van der Waals surface area contributed by atoms with Crippen molar-refractivity contribution in [1.82, 2.24) is 0 Å². The van der Waals surface area contributed by atoms with Crippen molar-refractivity contribution >= 4 is 5.69 Å². The Bertz CT molecular complexity index is 534. The van der Waals surface area contributed by atoms with Gasteiger partial charge in [-0.25, -0.2) is 0 Å². The summed E-state index contributed by atoms with van der Waals surface area (Å²) in [5.41, 5.74) is 9.25. The summed E-state index contributed by atoms with van der Waals surface area (Å²) in [7, 11) is 0. The number of benzene rings is 2. The number of rotatable bonds is 6. The molecule has 0 spiro atoms. The van der Waals surface area contributed by atoms with E-state index in [0.29, 0.717) is 12.5 Å². The first-order valence-corrected chi connectivity index (χ1v) is 7.20. The predicted octanol–water partition coefficient (Wildman–Crippen LogP) is 4.44. The van der Waals surface area contributed by atoms with Crippen LogP contribution in [0.5, 0.6) is 5.75 Å². The van der Waals surface area contributed by atoms with Crippen LogP contribution < -0.4 is 10.5 Å². The average molecular weight is 269 g/mol. The molecule has 0 unspecified atom stereocenters. The smallest absolute Gasteiger partial charge is 0.120 e. The molecule has 0 saturated heterocycles. The number of nitrogen functional groups attached to an aromatic ring is 1. The minimum Gasteiger partial charge on any atom is -0.489 e. The van der Waals surface area contributed by atoms with Gasteiger partial charge in [0.15, 0.2) is 0 Å². The minimum absolute atomic E-state index is 0.592. The van der Waals surface area contributed by atoms with Gasteiger partial charge in [-0.05, 0) is 48.1 Å². The van der Waals surface area contributed by atoms with Gasteiger partial charge in [-0.3, -0.25) is 0 Å². The third-order valence-electron chi connectivity index (χ3n) is 3.35. The van der Waals surface area contributed by atoms with E-state index in [9.17, 15) is 0 Å². The van der Waals surface area contributed by atoms with E-state index in [1.807, 2.05) is 30.3 Å². The quantitative estimate of drug-likeness (QED) is 0.787. The van der Waals surface area contributed by atoms with Crippen molar-refractivity contribution in [3.05, 3.63) is 59.7 Å². The lowest BCUT2D eigenvalue weighted by Gasteiger charge is -2.11. The fraction of sp³-hybridized carbons (Fsp3) is 0.333. The molecule has 0 fully saturated rings. The summed E-state index contributed by atoms with van der Waals surface area (Å²) in [6.07, 6.45) is 2.15. The number of nitrogens with two attached hydrogens (primary N) is 1. The maximum Gasteiger partial charge on any atom is 0.120 e. The molecule has 2 heteroatoms. The highest BCUT2D eigenvalue weighted by atomic mass is 16.5. The van der Waals surface area contributed by atoms with E-state index in [-0.39, 0.29) is 0 Å². The van der Waals surface area contributed by atoms with Crippen LogP contribution in [0.1, 0.15) is 31.4 Å². The number of aryl methyl sites for hydroxylation is 1. The first kappa shape index (κ1) is 14.4. The molecule has 0 saturated carbocycles. The summed E-state index contributed by atoms with van der Waals surface area (Å²) < 4.78 is 5.84. The Morgan fingerprint density at radius 3 is 2.50 bits per heavy atom. The topological polar surface area (TPSA) is 35.2 Å². The molecule has 2 N–H and O–H groups in total. The maximum absolute atomic E-state index is 6.03. The maximum atomic E-state index is 6.03. The van der Waals surface area contributed by atoms with Gasteiger partial charge in [-0.1, -0.05) is 44.2 Å². The molecule has 2 nitrogen and oxygen atoms in total. The van der Waals surface area contributed by atoms with E-state index in [4.69, 9.17) is 10.5 Å². The SMILES string of the molecule is CC(C)CCc1cc(OCc2ccccc2)ccc1N. The van der Waals surface area contributed by atoms with Gasteiger partial charge in [0.25, 0.3) is 0 Å². The Morgan fingerprint density at radius 2 is 1.80 bits per heavy atom. The second-order valence-electron chi connectivity index (χ2n) is 5.57. The van der Waals surface area contributed by atoms with Crippen LogP contribution in [0, 0.1) is 5.92 Å². The van der Waals surface area contributed by atoms with Crippen molar-refractivity contribution in [2.75, 3.05) is 5.73 Å². The van der Waals surface area contributed by atoms with Crippen molar-refractivity contribution in [3.8, 4) is 5.75 Å². The van der Waals surface area contributed by atoms with E-state index in [1.54, 1.807) is 0 Å². The van der Waals surface area contributed by atoms with Gasteiger partial charge in [0.05, 0.1) is 0 Å². The molecule has 2 aromatic rings. The van der Waals surface area contributed by atoms with Crippen molar-refractivity contribution < 1.29 is 4.74 Å². The zero-order valence-corrected chi connectivity index (χ0v) is 12.3. The lowest BCUT2D eigenvalue weighted by molar-refractivity contribution is 0.306. The van der Waals surface area contributed by atoms with Gasteiger partial charge < -0.3 is 10.5 Å². The molecule has 0 amide bonds. The van der Waals surface area contributed by atoms with Crippen molar-refractivity contribution in [2.24, 2.45) is 5.92 Å². The largest absolute Gasteiger partial charge is 0.489 e. The van der Waals surface area contributed by atoms with Crippen LogP contribution in [0.3, 0.4) is 0 Å². The van der Waals surface area contributed by atoms with Gasteiger partial charge >= 0.3 is 0 Å². The molecule has 0 heterocycles. The highest BCUT2D eigenvalue weighted by Gasteiger charge is 2.04. The summed E-state index contributed by atoms with van der Waals surface area (Å²) in [4.78, 5) is 0. The summed E-state index contributed by atoms with van der Waals surface area (Å²) in [6, 6.07) is 16.1. The van der Waals surface area contributed by atoms with Crippen molar-refractivity contribution in [3.63, 3.8) is 0 Å². The summed E-state index contributed by atoms with van der Waals surface area (Å²) >= 11 is 0. The Labute approximate surface area is 121 Å². The molecule has 0 radical (unpaired) electrons. The third-order valence-corrected chi connectivity index (χ3v) is 3.35. The van der Waals surface area contributed by atoms with Crippen LogP contribution in [0.25, 0.3) is 0 Å². The van der Waals surface area contributed by atoms with Crippen LogP contribution in [-0.4, -0.2) is 0 Å². The van der Waals surface area contributed by atoms with Gasteiger partial charge in [0.2, 0.25) is 0 Å². The zero-order valence-electron chi connectivity index (χ0n) is 12.3. The Balaban J connectivity index is 2.00. The van der Waals surface area contributed by atoms with E-state index in [1.165, 1.54) is 11.1 Å². The van der Waals surface area contributed by atoms with Gasteiger partial charge in [-0.15, -0.1) is 0 Å². The lowest BCUT2D eigenvalue weighted by Crippen LogP contribution is -2.00. The fourth-order valence-electron chi connectivity index (χ4n) is 2.07. The summed E-state index contributed by atoms with van der Waals surface area (Å²) in [5, 5.41) is 0. The number of anilines is 1. The second kappa shape index (κ2) is 6.99. The lowest BCUT2D eigenvalue weighted by atomic mass is 10.0. The Morgan fingerprint density at radius 1 is 1.05 bits per heavy atom. The highest BCUT2D eigenvalue weighted by Crippen LogP contribution is 2.23. The van der Waals surface area contributed by atoms with Crippen LogP contribution >= 0.6 is 0 Å². The van der Waals surface area contributed by atoms with Gasteiger partial charge in [-0.2, -0.15) is 0 Å². The standard InChI is InChI=1S/C18H23NO/c1-14(2)8-9-16-12-17(10-11-18(16)19)20-13-15-6-4-3-5-7-15/h3-7,10-12,14H,8-9,13,19H2,1-2H3. The van der Waals surface area contributed by atoms with Crippen molar-refractivity contribution in [1.29, 1.82) is 0 Å². The number of ether oxygens (including phenoxy) is 1. The van der Waals surface area contributed by atoms with E-state index >= 15 is 0 Å². The van der Waals surface area contributed by atoms with Crippen LogP contribution in [0.2, 0.25) is 0 Å². The molecule has 0 aliphatic carbocycles. The fourth-order valence-corrected chi connectivity index (χ4v) is 2.07. The molecule has 106 valence electrons. The predicted molar refractivity (Wildman–Crippen MR) is 84.8 cm³/mol. The monoisotopic (exact) mass is 269 g/mol. The van der Waals surface area contributed by atoms with Crippen LogP contribution in [0.4, 0.5) is 5.69 Å². The molecule has 0 atom stereocenters. The normalized spacial score (nSPS) is 10.8. The first-order valence-electron chi connectivity index (χ1n) is 7.20. The summed E-state index contributed by atoms with van der Waals surface area (Å²) in [5.74, 6) is 1.57. The minimum atomic E-state index is 0.592. The molecular formula is C18H23NO. The van der Waals surface area contributed by atoms with E-state index < -0.39 is 0 Å². The molecule has 2 rings (SSSR count).